The quantitative estimate of drug-likeness (QED) is 0.724. The molecule has 0 aliphatic carbocycles. The van der Waals surface area contributed by atoms with E-state index in [1.165, 1.54) is 11.1 Å². The van der Waals surface area contributed by atoms with Crippen molar-refractivity contribution in [1.29, 1.82) is 0 Å². The van der Waals surface area contributed by atoms with Crippen molar-refractivity contribution in [2.45, 2.75) is 39.8 Å². The standard InChI is InChI=1S/C15H25NO2/c1-10(2)14(16-7-8-17)15(18)13-6-5-11(3)12(4)9-13/h5-6,9-10,14-18H,7-8H2,1-4H3. The molecular formula is C15H25NO2. The van der Waals surface area contributed by atoms with Gasteiger partial charge in [-0.25, -0.2) is 0 Å². The zero-order valence-electron chi connectivity index (χ0n) is 11.8. The highest BCUT2D eigenvalue weighted by Crippen LogP contribution is 2.23. The van der Waals surface area contributed by atoms with E-state index in [4.69, 9.17) is 5.11 Å². The lowest BCUT2D eigenvalue weighted by Gasteiger charge is -2.28. The number of rotatable bonds is 6. The SMILES string of the molecule is Cc1ccc(C(O)C(NCCO)C(C)C)cc1C. The third kappa shape index (κ3) is 3.80. The molecule has 0 radical (unpaired) electrons. The first-order valence-electron chi connectivity index (χ1n) is 6.56. The van der Waals surface area contributed by atoms with Crippen molar-refractivity contribution >= 4 is 0 Å². The number of aryl methyl sites for hydroxylation is 2. The van der Waals surface area contributed by atoms with Gasteiger partial charge in [0, 0.05) is 12.6 Å². The summed E-state index contributed by atoms with van der Waals surface area (Å²) in [4.78, 5) is 0. The van der Waals surface area contributed by atoms with E-state index < -0.39 is 6.10 Å². The third-order valence-corrected chi connectivity index (χ3v) is 3.42. The maximum absolute atomic E-state index is 10.4. The van der Waals surface area contributed by atoms with Crippen LogP contribution in [0.3, 0.4) is 0 Å². The van der Waals surface area contributed by atoms with Crippen LogP contribution in [-0.4, -0.2) is 29.4 Å². The van der Waals surface area contributed by atoms with Crippen LogP contribution >= 0.6 is 0 Å². The van der Waals surface area contributed by atoms with Crippen molar-refractivity contribution in [1.82, 2.24) is 5.32 Å². The second kappa shape index (κ2) is 6.88. The van der Waals surface area contributed by atoms with Gasteiger partial charge < -0.3 is 15.5 Å². The minimum absolute atomic E-state index is 0.0424. The van der Waals surface area contributed by atoms with Crippen LogP contribution in [0.15, 0.2) is 18.2 Å². The molecule has 0 amide bonds. The van der Waals surface area contributed by atoms with Crippen LogP contribution in [-0.2, 0) is 0 Å². The van der Waals surface area contributed by atoms with Crippen molar-refractivity contribution in [3.05, 3.63) is 34.9 Å². The maximum atomic E-state index is 10.4. The number of hydrogen-bond acceptors (Lipinski definition) is 3. The van der Waals surface area contributed by atoms with Gasteiger partial charge in [0.25, 0.3) is 0 Å². The molecule has 3 nitrogen and oxygen atoms in total. The van der Waals surface area contributed by atoms with Crippen molar-refractivity contribution < 1.29 is 10.2 Å². The molecule has 0 aliphatic heterocycles. The second-order valence-corrected chi connectivity index (χ2v) is 5.24. The monoisotopic (exact) mass is 251 g/mol. The van der Waals surface area contributed by atoms with Crippen LogP contribution < -0.4 is 5.32 Å². The van der Waals surface area contributed by atoms with Gasteiger partial charge in [-0.1, -0.05) is 32.0 Å². The van der Waals surface area contributed by atoms with Crippen LogP contribution in [0.4, 0.5) is 0 Å². The first kappa shape index (κ1) is 15.2. The molecule has 0 bridgehead atoms. The first-order chi connectivity index (χ1) is 8.47. The second-order valence-electron chi connectivity index (χ2n) is 5.24. The average Bonchev–Trinajstić information content (AvgIpc) is 2.32. The molecule has 0 aliphatic rings. The topological polar surface area (TPSA) is 52.5 Å². The predicted molar refractivity (Wildman–Crippen MR) is 74.6 cm³/mol. The summed E-state index contributed by atoms with van der Waals surface area (Å²) in [5, 5.41) is 22.5. The summed E-state index contributed by atoms with van der Waals surface area (Å²) in [6.07, 6.45) is -0.546. The Kier molecular flexibility index (Phi) is 5.79. The predicted octanol–water partition coefficient (Wildman–Crippen LogP) is 1.94. The summed E-state index contributed by atoms with van der Waals surface area (Å²) in [5.41, 5.74) is 3.36. The molecule has 0 saturated heterocycles. The highest BCUT2D eigenvalue weighted by molar-refractivity contribution is 5.31. The van der Waals surface area contributed by atoms with E-state index in [0.717, 1.165) is 5.56 Å². The number of hydrogen-bond donors (Lipinski definition) is 3. The molecule has 3 heteroatoms. The van der Waals surface area contributed by atoms with E-state index in [1.807, 2.05) is 18.2 Å². The fourth-order valence-corrected chi connectivity index (χ4v) is 2.10. The largest absolute Gasteiger partial charge is 0.395 e. The fourth-order valence-electron chi connectivity index (χ4n) is 2.10. The lowest BCUT2D eigenvalue weighted by molar-refractivity contribution is 0.101. The van der Waals surface area contributed by atoms with Gasteiger partial charge in [-0.05, 0) is 36.5 Å². The summed E-state index contributed by atoms with van der Waals surface area (Å²) in [6, 6.07) is 6.01. The third-order valence-electron chi connectivity index (χ3n) is 3.42. The van der Waals surface area contributed by atoms with Crippen LogP contribution in [0.2, 0.25) is 0 Å². The minimum Gasteiger partial charge on any atom is -0.395 e. The van der Waals surface area contributed by atoms with Crippen LogP contribution in [0, 0.1) is 19.8 Å². The fraction of sp³-hybridized carbons (Fsp3) is 0.600. The molecule has 2 atom stereocenters. The summed E-state index contributed by atoms with van der Waals surface area (Å²) >= 11 is 0. The van der Waals surface area contributed by atoms with Gasteiger partial charge in [0.15, 0.2) is 0 Å². The smallest absolute Gasteiger partial charge is 0.0945 e. The van der Waals surface area contributed by atoms with Crippen molar-refractivity contribution in [2.75, 3.05) is 13.2 Å². The summed E-state index contributed by atoms with van der Waals surface area (Å²) in [7, 11) is 0. The molecular weight excluding hydrogens is 226 g/mol. The molecule has 3 N–H and O–H groups in total. The lowest BCUT2D eigenvalue weighted by Crippen LogP contribution is -2.40. The zero-order chi connectivity index (χ0) is 13.7. The van der Waals surface area contributed by atoms with Gasteiger partial charge in [0.1, 0.15) is 0 Å². The van der Waals surface area contributed by atoms with Gasteiger partial charge in [-0.2, -0.15) is 0 Å². The Balaban J connectivity index is 2.87. The molecule has 0 fully saturated rings. The van der Waals surface area contributed by atoms with Gasteiger partial charge in [0.2, 0.25) is 0 Å². The van der Waals surface area contributed by atoms with Gasteiger partial charge in [0.05, 0.1) is 12.7 Å². The number of aliphatic hydroxyl groups is 2. The van der Waals surface area contributed by atoms with Gasteiger partial charge in [-0.15, -0.1) is 0 Å². The Bertz CT molecular complexity index is 377. The Morgan fingerprint density at radius 3 is 2.33 bits per heavy atom. The molecule has 1 rings (SSSR count). The van der Waals surface area contributed by atoms with Crippen molar-refractivity contribution in [3.63, 3.8) is 0 Å². The zero-order valence-corrected chi connectivity index (χ0v) is 11.8. The molecule has 2 unspecified atom stereocenters. The van der Waals surface area contributed by atoms with E-state index in [1.54, 1.807) is 0 Å². The molecule has 0 spiro atoms. The lowest BCUT2D eigenvalue weighted by atomic mass is 9.92. The molecule has 0 heterocycles. The molecule has 18 heavy (non-hydrogen) atoms. The minimum atomic E-state index is -0.546. The normalized spacial score (nSPS) is 14.8. The van der Waals surface area contributed by atoms with E-state index in [0.29, 0.717) is 12.5 Å². The van der Waals surface area contributed by atoms with Gasteiger partial charge >= 0.3 is 0 Å². The van der Waals surface area contributed by atoms with Crippen LogP contribution in [0.25, 0.3) is 0 Å². The summed E-state index contributed by atoms with van der Waals surface area (Å²) in [5.74, 6) is 0.299. The maximum Gasteiger partial charge on any atom is 0.0945 e. The molecule has 1 aromatic rings. The number of nitrogens with one attached hydrogen (secondary N) is 1. The Hall–Kier alpha value is -0.900. The van der Waals surface area contributed by atoms with Crippen LogP contribution in [0.1, 0.15) is 36.6 Å². The molecule has 0 saturated carbocycles. The van der Waals surface area contributed by atoms with Gasteiger partial charge in [-0.3, -0.25) is 0 Å². The van der Waals surface area contributed by atoms with E-state index in [9.17, 15) is 5.11 Å². The highest BCUT2D eigenvalue weighted by atomic mass is 16.3. The Labute approximate surface area is 110 Å². The van der Waals surface area contributed by atoms with Crippen molar-refractivity contribution in [3.8, 4) is 0 Å². The van der Waals surface area contributed by atoms with Crippen LogP contribution in [0.5, 0.6) is 0 Å². The average molecular weight is 251 g/mol. The summed E-state index contributed by atoms with van der Waals surface area (Å²) < 4.78 is 0. The number of benzene rings is 1. The Morgan fingerprint density at radius 2 is 1.83 bits per heavy atom. The Morgan fingerprint density at radius 1 is 1.17 bits per heavy atom. The molecule has 1 aromatic carbocycles. The first-order valence-corrected chi connectivity index (χ1v) is 6.56. The number of aliphatic hydroxyl groups excluding tert-OH is 2. The van der Waals surface area contributed by atoms with E-state index in [2.05, 4.69) is 33.0 Å². The molecule has 102 valence electrons. The molecule has 0 aromatic heterocycles. The van der Waals surface area contributed by atoms with E-state index in [-0.39, 0.29) is 12.6 Å². The summed E-state index contributed by atoms with van der Waals surface area (Å²) in [6.45, 7) is 8.85. The highest BCUT2D eigenvalue weighted by Gasteiger charge is 2.23. The van der Waals surface area contributed by atoms with Crippen molar-refractivity contribution in [2.24, 2.45) is 5.92 Å². The van der Waals surface area contributed by atoms with E-state index >= 15 is 0 Å².